The lowest BCUT2D eigenvalue weighted by Gasteiger charge is -2.16. The number of rotatable bonds is 2. The van der Waals surface area contributed by atoms with Crippen LogP contribution in [0.25, 0.3) is 11.4 Å². The summed E-state index contributed by atoms with van der Waals surface area (Å²) in [5, 5.41) is 20.0. The van der Waals surface area contributed by atoms with E-state index in [1.165, 1.54) is 0 Å². The number of aromatic amines is 1. The van der Waals surface area contributed by atoms with Crippen molar-refractivity contribution in [3.05, 3.63) is 24.3 Å². The van der Waals surface area contributed by atoms with Crippen LogP contribution in [0.3, 0.4) is 0 Å². The van der Waals surface area contributed by atoms with E-state index in [4.69, 9.17) is 0 Å². The summed E-state index contributed by atoms with van der Waals surface area (Å²) in [6.07, 6.45) is 1.09. The van der Waals surface area contributed by atoms with Gasteiger partial charge in [0.05, 0.1) is 0 Å². The zero-order chi connectivity index (χ0) is 13.1. The second kappa shape index (κ2) is 5.27. The predicted molar refractivity (Wildman–Crippen MR) is 73.2 cm³/mol. The van der Waals surface area contributed by atoms with E-state index in [9.17, 15) is 5.11 Å². The number of H-pyrrole nitrogens is 1. The molecule has 0 atom stereocenters. The Bertz CT molecular complexity index is 545. The van der Waals surface area contributed by atoms with Gasteiger partial charge in [-0.3, -0.25) is 5.10 Å². The predicted octanol–water partition coefficient (Wildman–Crippen LogP) is 0.977. The van der Waals surface area contributed by atoms with E-state index in [0.29, 0.717) is 5.82 Å². The van der Waals surface area contributed by atoms with Crippen LogP contribution in [0.1, 0.15) is 6.42 Å². The summed E-state index contributed by atoms with van der Waals surface area (Å²) in [5.41, 5.74) is 0.840. The fourth-order valence-corrected chi connectivity index (χ4v) is 2.22. The summed E-state index contributed by atoms with van der Waals surface area (Å²) >= 11 is 0. The van der Waals surface area contributed by atoms with Crippen molar-refractivity contribution in [2.45, 2.75) is 6.42 Å². The van der Waals surface area contributed by atoms with Gasteiger partial charge in [0.2, 0.25) is 5.95 Å². The van der Waals surface area contributed by atoms with Gasteiger partial charge in [0, 0.05) is 25.2 Å². The number of benzene rings is 1. The molecule has 1 saturated heterocycles. The van der Waals surface area contributed by atoms with E-state index in [1.807, 2.05) is 6.07 Å². The average Bonchev–Trinajstić information content (AvgIpc) is 2.75. The van der Waals surface area contributed by atoms with E-state index < -0.39 is 0 Å². The monoisotopic (exact) mass is 259 g/mol. The van der Waals surface area contributed by atoms with Gasteiger partial charge in [-0.2, -0.15) is 4.98 Å². The highest BCUT2D eigenvalue weighted by Gasteiger charge is 2.14. The van der Waals surface area contributed by atoms with Gasteiger partial charge in [0.25, 0.3) is 0 Å². The molecule has 1 aromatic carbocycles. The number of nitrogens with one attached hydrogen (secondary N) is 2. The van der Waals surface area contributed by atoms with Gasteiger partial charge >= 0.3 is 0 Å². The molecule has 2 heterocycles. The molecule has 1 aliphatic heterocycles. The van der Waals surface area contributed by atoms with Crippen LogP contribution in [0.2, 0.25) is 0 Å². The van der Waals surface area contributed by atoms with Crippen LogP contribution in [0, 0.1) is 0 Å². The third-order valence-corrected chi connectivity index (χ3v) is 3.22. The van der Waals surface area contributed by atoms with Gasteiger partial charge < -0.3 is 15.3 Å². The third-order valence-electron chi connectivity index (χ3n) is 3.22. The van der Waals surface area contributed by atoms with E-state index in [-0.39, 0.29) is 5.75 Å². The molecule has 0 amide bonds. The zero-order valence-electron chi connectivity index (χ0n) is 10.6. The fourth-order valence-electron chi connectivity index (χ4n) is 2.22. The first-order valence-electron chi connectivity index (χ1n) is 6.50. The molecule has 1 aromatic heterocycles. The van der Waals surface area contributed by atoms with Crippen LogP contribution in [0.4, 0.5) is 5.95 Å². The quantitative estimate of drug-likeness (QED) is 0.749. The summed E-state index contributed by atoms with van der Waals surface area (Å²) in [7, 11) is 0. The van der Waals surface area contributed by atoms with Crippen LogP contribution in [0.15, 0.2) is 24.3 Å². The summed E-state index contributed by atoms with van der Waals surface area (Å²) in [4.78, 5) is 6.68. The van der Waals surface area contributed by atoms with E-state index in [1.54, 1.807) is 18.2 Å². The molecule has 0 aliphatic carbocycles. The molecule has 6 heteroatoms. The number of phenols is 1. The number of phenolic OH excluding ortho intramolecular Hbond substituents is 1. The molecular formula is C13H17N5O. The Morgan fingerprint density at radius 2 is 2.16 bits per heavy atom. The normalized spacial score (nSPS) is 16.3. The first kappa shape index (κ1) is 12.0. The molecule has 3 rings (SSSR count). The molecule has 1 aliphatic rings. The summed E-state index contributed by atoms with van der Waals surface area (Å²) in [6, 6.07) is 7.01. The molecular weight excluding hydrogens is 242 g/mol. The molecule has 0 saturated carbocycles. The molecule has 0 unspecified atom stereocenters. The highest BCUT2D eigenvalue weighted by Crippen LogP contribution is 2.21. The summed E-state index contributed by atoms with van der Waals surface area (Å²) < 4.78 is 0. The first-order chi connectivity index (χ1) is 9.33. The standard InChI is InChI=1S/C13H17N5O/c19-11-4-1-3-10(9-11)12-15-13(17-16-12)18-7-2-5-14-6-8-18/h1,3-4,9,14,19H,2,5-8H2,(H,15,16,17). The highest BCUT2D eigenvalue weighted by molar-refractivity contribution is 5.58. The first-order valence-corrected chi connectivity index (χ1v) is 6.50. The van der Waals surface area contributed by atoms with Gasteiger partial charge in [-0.15, -0.1) is 5.10 Å². The molecule has 0 radical (unpaired) electrons. The van der Waals surface area contributed by atoms with Gasteiger partial charge in [0.1, 0.15) is 5.75 Å². The Labute approximate surface area is 111 Å². The van der Waals surface area contributed by atoms with Crippen molar-refractivity contribution < 1.29 is 5.11 Å². The molecule has 19 heavy (non-hydrogen) atoms. The molecule has 100 valence electrons. The Morgan fingerprint density at radius 1 is 1.21 bits per heavy atom. The number of aromatic hydroxyl groups is 1. The number of nitrogens with zero attached hydrogens (tertiary/aromatic N) is 3. The van der Waals surface area contributed by atoms with Crippen LogP contribution in [0.5, 0.6) is 5.75 Å². The lowest BCUT2D eigenvalue weighted by molar-refractivity contribution is 0.475. The Hall–Kier alpha value is -2.08. The van der Waals surface area contributed by atoms with Gasteiger partial charge in [-0.1, -0.05) is 12.1 Å². The lowest BCUT2D eigenvalue weighted by atomic mass is 10.2. The molecule has 1 fully saturated rings. The van der Waals surface area contributed by atoms with Crippen molar-refractivity contribution in [1.29, 1.82) is 0 Å². The number of hydrogen-bond acceptors (Lipinski definition) is 5. The van der Waals surface area contributed by atoms with Crippen molar-refractivity contribution in [2.24, 2.45) is 0 Å². The van der Waals surface area contributed by atoms with Gasteiger partial charge in [-0.05, 0) is 25.1 Å². The number of aromatic nitrogens is 3. The van der Waals surface area contributed by atoms with Crippen LogP contribution in [-0.4, -0.2) is 46.5 Å². The summed E-state index contributed by atoms with van der Waals surface area (Å²) in [6.45, 7) is 3.87. The maximum Gasteiger partial charge on any atom is 0.245 e. The van der Waals surface area contributed by atoms with E-state index in [0.717, 1.165) is 44.1 Å². The molecule has 0 spiro atoms. The molecule has 0 bridgehead atoms. The topological polar surface area (TPSA) is 77.1 Å². The number of hydrogen-bond donors (Lipinski definition) is 3. The summed E-state index contributed by atoms with van der Waals surface area (Å²) in [5.74, 6) is 1.64. The fraction of sp³-hybridized carbons (Fsp3) is 0.385. The van der Waals surface area contributed by atoms with E-state index in [2.05, 4.69) is 25.4 Å². The second-order valence-electron chi connectivity index (χ2n) is 4.62. The van der Waals surface area contributed by atoms with Crippen molar-refractivity contribution >= 4 is 5.95 Å². The average molecular weight is 259 g/mol. The third kappa shape index (κ3) is 2.68. The van der Waals surface area contributed by atoms with Crippen LogP contribution in [-0.2, 0) is 0 Å². The SMILES string of the molecule is Oc1cccc(-c2nc(N3CCCNCC3)n[nH]2)c1. The van der Waals surface area contributed by atoms with Gasteiger partial charge in [0.15, 0.2) is 5.82 Å². The molecule has 3 N–H and O–H groups in total. The van der Waals surface area contributed by atoms with E-state index >= 15 is 0 Å². The second-order valence-corrected chi connectivity index (χ2v) is 4.62. The lowest BCUT2D eigenvalue weighted by Crippen LogP contribution is -2.28. The minimum Gasteiger partial charge on any atom is -0.508 e. The van der Waals surface area contributed by atoms with Crippen LogP contribution < -0.4 is 10.2 Å². The minimum atomic E-state index is 0.231. The zero-order valence-corrected chi connectivity index (χ0v) is 10.6. The molecule has 6 nitrogen and oxygen atoms in total. The largest absolute Gasteiger partial charge is 0.508 e. The maximum atomic E-state index is 9.49. The van der Waals surface area contributed by atoms with Crippen molar-refractivity contribution in [3.63, 3.8) is 0 Å². The Balaban J connectivity index is 1.82. The van der Waals surface area contributed by atoms with Crippen molar-refractivity contribution in [2.75, 3.05) is 31.1 Å². The Morgan fingerprint density at radius 3 is 3.05 bits per heavy atom. The maximum absolute atomic E-state index is 9.49. The highest BCUT2D eigenvalue weighted by atomic mass is 16.3. The smallest absolute Gasteiger partial charge is 0.245 e. The van der Waals surface area contributed by atoms with Gasteiger partial charge in [-0.25, -0.2) is 0 Å². The van der Waals surface area contributed by atoms with Crippen molar-refractivity contribution in [1.82, 2.24) is 20.5 Å². The Kier molecular flexibility index (Phi) is 3.33. The number of anilines is 1. The minimum absolute atomic E-state index is 0.231. The van der Waals surface area contributed by atoms with Crippen LogP contribution >= 0.6 is 0 Å². The molecule has 2 aromatic rings. The van der Waals surface area contributed by atoms with Crippen molar-refractivity contribution in [3.8, 4) is 17.1 Å².